The second-order valence-corrected chi connectivity index (χ2v) is 2.92. The van der Waals surface area contributed by atoms with Gasteiger partial charge in [-0.2, -0.15) is 0 Å². The van der Waals surface area contributed by atoms with Gasteiger partial charge in [-0.15, -0.1) is 0 Å². The first kappa shape index (κ1) is 8.89. The maximum atomic E-state index is 12.9. The van der Waals surface area contributed by atoms with Gasteiger partial charge in [0.1, 0.15) is 5.65 Å². The van der Waals surface area contributed by atoms with Crippen molar-refractivity contribution in [3.63, 3.8) is 0 Å². The summed E-state index contributed by atoms with van der Waals surface area (Å²) in [7, 11) is 0. The van der Waals surface area contributed by atoms with Gasteiger partial charge in [0.05, 0.1) is 5.39 Å². The number of nitrogens with one attached hydrogen (secondary N) is 2. The lowest BCUT2D eigenvalue weighted by molar-refractivity contribution is 0.624. The fourth-order valence-electron chi connectivity index (χ4n) is 1.04. The first-order valence-corrected chi connectivity index (χ1v) is 3.94. The van der Waals surface area contributed by atoms with Gasteiger partial charge in [-0.25, -0.2) is 14.2 Å². The van der Waals surface area contributed by atoms with E-state index in [1.807, 2.05) is 4.98 Å². The summed E-state index contributed by atoms with van der Waals surface area (Å²) < 4.78 is 12.9. The van der Waals surface area contributed by atoms with Crippen LogP contribution in [-0.4, -0.2) is 15.0 Å². The van der Waals surface area contributed by atoms with Crippen molar-refractivity contribution in [2.45, 2.75) is 0 Å². The summed E-state index contributed by atoms with van der Waals surface area (Å²) in [6.07, 6.45) is 0. The maximum Gasteiger partial charge on any atom is 0.327 e. The SMILES string of the molecule is O=c1[nH]c(=O)c2cc(F)c(Cl)nc2[nH]1. The lowest BCUT2D eigenvalue weighted by Crippen LogP contribution is -2.22. The number of pyridine rings is 1. The molecule has 0 bridgehead atoms. The van der Waals surface area contributed by atoms with Crippen LogP contribution < -0.4 is 11.2 Å². The minimum Gasteiger partial charge on any atom is -0.291 e. The van der Waals surface area contributed by atoms with E-state index < -0.39 is 22.2 Å². The highest BCUT2D eigenvalue weighted by atomic mass is 35.5. The number of halogens is 2. The van der Waals surface area contributed by atoms with Gasteiger partial charge < -0.3 is 0 Å². The molecule has 2 heterocycles. The van der Waals surface area contributed by atoms with E-state index in [0.717, 1.165) is 6.07 Å². The van der Waals surface area contributed by atoms with Crippen LogP contribution in [0.1, 0.15) is 0 Å². The van der Waals surface area contributed by atoms with Crippen LogP contribution in [0, 0.1) is 5.82 Å². The van der Waals surface area contributed by atoms with Gasteiger partial charge in [-0.1, -0.05) is 11.6 Å². The summed E-state index contributed by atoms with van der Waals surface area (Å²) in [6.45, 7) is 0. The summed E-state index contributed by atoms with van der Waals surface area (Å²) in [5, 5.41) is -0.440. The predicted molar refractivity (Wildman–Crippen MR) is 48.0 cm³/mol. The Labute approximate surface area is 80.6 Å². The van der Waals surface area contributed by atoms with Gasteiger partial charge in [-0.3, -0.25) is 14.8 Å². The monoisotopic (exact) mass is 215 g/mol. The Morgan fingerprint density at radius 2 is 2.07 bits per heavy atom. The van der Waals surface area contributed by atoms with Crippen LogP contribution >= 0.6 is 11.6 Å². The fraction of sp³-hybridized carbons (Fsp3) is 0. The van der Waals surface area contributed by atoms with E-state index in [4.69, 9.17) is 11.6 Å². The highest BCUT2D eigenvalue weighted by Gasteiger charge is 2.07. The minimum absolute atomic E-state index is 0.0369. The molecule has 7 heteroatoms. The zero-order valence-electron chi connectivity index (χ0n) is 6.60. The lowest BCUT2D eigenvalue weighted by Gasteiger charge is -1.96. The molecule has 0 aliphatic heterocycles. The highest BCUT2D eigenvalue weighted by molar-refractivity contribution is 6.29. The van der Waals surface area contributed by atoms with E-state index >= 15 is 0 Å². The number of fused-ring (bicyclic) bond motifs is 1. The van der Waals surface area contributed by atoms with Crippen LogP contribution in [0.5, 0.6) is 0 Å². The molecule has 0 spiro atoms. The number of nitrogens with zero attached hydrogens (tertiary/aromatic N) is 1. The molecule has 0 aliphatic carbocycles. The maximum absolute atomic E-state index is 12.9. The molecule has 2 N–H and O–H groups in total. The average Bonchev–Trinajstić information content (AvgIpc) is 2.08. The van der Waals surface area contributed by atoms with E-state index in [1.165, 1.54) is 0 Å². The molecule has 0 saturated carbocycles. The lowest BCUT2D eigenvalue weighted by atomic mass is 10.3. The normalized spacial score (nSPS) is 10.7. The third kappa shape index (κ3) is 1.29. The number of rotatable bonds is 0. The largest absolute Gasteiger partial charge is 0.327 e. The molecule has 2 aromatic rings. The van der Waals surface area contributed by atoms with Gasteiger partial charge in [0.15, 0.2) is 11.0 Å². The van der Waals surface area contributed by atoms with Crippen LogP contribution in [-0.2, 0) is 0 Å². The molecule has 72 valence electrons. The Balaban J connectivity index is 3.03. The summed E-state index contributed by atoms with van der Waals surface area (Å²) in [5.41, 5.74) is -1.45. The first-order valence-electron chi connectivity index (χ1n) is 3.56. The zero-order valence-corrected chi connectivity index (χ0v) is 7.35. The second-order valence-electron chi connectivity index (χ2n) is 2.57. The first-order chi connectivity index (χ1) is 6.58. The Morgan fingerprint density at radius 3 is 2.79 bits per heavy atom. The molecule has 0 aromatic carbocycles. The van der Waals surface area contributed by atoms with Crippen molar-refractivity contribution >= 4 is 22.6 Å². The number of H-pyrrole nitrogens is 2. The van der Waals surface area contributed by atoms with Gasteiger partial charge in [0.25, 0.3) is 5.56 Å². The molecule has 2 rings (SSSR count). The van der Waals surface area contributed by atoms with Crippen molar-refractivity contribution in [2.24, 2.45) is 0 Å². The Kier molecular flexibility index (Phi) is 1.85. The van der Waals surface area contributed by atoms with Crippen LogP contribution in [0.4, 0.5) is 4.39 Å². The van der Waals surface area contributed by atoms with Crippen molar-refractivity contribution < 1.29 is 4.39 Å². The smallest absolute Gasteiger partial charge is 0.291 e. The summed E-state index contributed by atoms with van der Waals surface area (Å²) in [5.74, 6) is -0.809. The molecule has 0 saturated heterocycles. The molecule has 0 atom stereocenters. The average molecular weight is 216 g/mol. The molecule has 0 aliphatic rings. The summed E-state index contributed by atoms with van der Waals surface area (Å²) in [4.78, 5) is 29.6. The van der Waals surface area contributed by atoms with Gasteiger partial charge >= 0.3 is 5.69 Å². The summed E-state index contributed by atoms with van der Waals surface area (Å²) >= 11 is 5.37. The molecule has 0 unspecified atom stereocenters. The van der Waals surface area contributed by atoms with Gasteiger partial charge in [-0.05, 0) is 6.07 Å². The second kappa shape index (κ2) is 2.91. The standard InChI is InChI=1S/C7H3ClFN3O2/c8-4-3(9)1-2-5(10-4)11-7(14)12-6(2)13/h1H,(H2,10,11,12,13,14). The number of aromatic nitrogens is 3. The highest BCUT2D eigenvalue weighted by Crippen LogP contribution is 2.13. The zero-order chi connectivity index (χ0) is 10.3. The van der Waals surface area contributed by atoms with Gasteiger partial charge in [0, 0.05) is 0 Å². The van der Waals surface area contributed by atoms with Crippen LogP contribution in [0.3, 0.4) is 0 Å². The Bertz CT molecular complexity index is 618. The quantitative estimate of drug-likeness (QED) is 0.625. The molecule has 14 heavy (non-hydrogen) atoms. The third-order valence-corrected chi connectivity index (χ3v) is 1.90. The molecular formula is C7H3ClFN3O2. The van der Waals surface area contributed by atoms with Crippen LogP contribution in [0.2, 0.25) is 5.15 Å². The molecule has 0 amide bonds. The van der Waals surface area contributed by atoms with E-state index in [-0.39, 0.29) is 11.0 Å². The van der Waals surface area contributed by atoms with Crippen LogP contribution in [0.25, 0.3) is 11.0 Å². The van der Waals surface area contributed by atoms with Crippen molar-refractivity contribution in [2.75, 3.05) is 0 Å². The fourth-order valence-corrected chi connectivity index (χ4v) is 1.18. The van der Waals surface area contributed by atoms with Crippen molar-refractivity contribution in [3.8, 4) is 0 Å². The Hall–Kier alpha value is -1.69. The molecule has 2 aromatic heterocycles. The Morgan fingerprint density at radius 1 is 1.36 bits per heavy atom. The van der Waals surface area contributed by atoms with E-state index in [2.05, 4.69) is 9.97 Å². The third-order valence-electron chi connectivity index (χ3n) is 1.64. The number of hydrogen-bond acceptors (Lipinski definition) is 3. The topological polar surface area (TPSA) is 78.6 Å². The minimum atomic E-state index is -0.809. The van der Waals surface area contributed by atoms with Crippen LogP contribution in [0.15, 0.2) is 15.7 Å². The molecular weight excluding hydrogens is 213 g/mol. The summed E-state index contributed by atoms with van der Waals surface area (Å²) in [6, 6.07) is 0.916. The van der Waals surface area contributed by atoms with E-state index in [9.17, 15) is 14.0 Å². The van der Waals surface area contributed by atoms with E-state index in [1.54, 1.807) is 0 Å². The number of aromatic amines is 2. The van der Waals surface area contributed by atoms with Crippen molar-refractivity contribution in [1.82, 2.24) is 15.0 Å². The molecule has 0 fully saturated rings. The number of hydrogen-bond donors (Lipinski definition) is 2. The van der Waals surface area contributed by atoms with E-state index in [0.29, 0.717) is 0 Å². The predicted octanol–water partition coefficient (Wildman–Crippen LogP) is 0.404. The molecule has 0 radical (unpaired) electrons. The van der Waals surface area contributed by atoms with Gasteiger partial charge in [0.2, 0.25) is 0 Å². The van der Waals surface area contributed by atoms with Crippen molar-refractivity contribution in [3.05, 3.63) is 37.9 Å². The molecule has 5 nitrogen and oxygen atoms in total. The van der Waals surface area contributed by atoms with Crippen molar-refractivity contribution in [1.29, 1.82) is 0 Å².